The van der Waals surface area contributed by atoms with Gasteiger partial charge in [-0.3, -0.25) is 9.80 Å². The number of fused-ring (bicyclic) bond motifs is 6. The second-order valence-electron chi connectivity index (χ2n) is 11.5. The molecule has 0 radical (unpaired) electrons. The van der Waals surface area contributed by atoms with E-state index >= 15 is 0 Å². The SMILES string of the molecule is Cc1cnc(N2CC3CN4CCCCC4C3C2)nc1N1CC2CN3CCCCC3C2C1. The van der Waals surface area contributed by atoms with Crippen LogP contribution in [0.3, 0.4) is 0 Å². The molecule has 168 valence electrons. The van der Waals surface area contributed by atoms with Crippen molar-refractivity contribution in [1.82, 2.24) is 19.8 Å². The van der Waals surface area contributed by atoms with E-state index in [1.807, 2.05) is 0 Å². The van der Waals surface area contributed by atoms with E-state index in [2.05, 4.69) is 32.7 Å². The molecule has 0 N–H and O–H groups in total. The fourth-order valence-corrected chi connectivity index (χ4v) is 8.34. The first-order valence-corrected chi connectivity index (χ1v) is 13.1. The molecule has 6 saturated heterocycles. The highest BCUT2D eigenvalue weighted by atomic mass is 15.3. The first kappa shape index (κ1) is 19.1. The van der Waals surface area contributed by atoms with E-state index in [1.165, 1.54) is 89.2 Å². The predicted molar refractivity (Wildman–Crippen MR) is 124 cm³/mol. The summed E-state index contributed by atoms with van der Waals surface area (Å²) in [7, 11) is 0. The van der Waals surface area contributed by atoms with E-state index in [1.54, 1.807) is 0 Å². The Kier molecular flexibility index (Phi) is 4.50. The van der Waals surface area contributed by atoms with Crippen LogP contribution >= 0.6 is 0 Å². The molecule has 6 fully saturated rings. The van der Waals surface area contributed by atoms with E-state index in [0.717, 1.165) is 54.8 Å². The number of hydrogen-bond donors (Lipinski definition) is 0. The van der Waals surface area contributed by atoms with Crippen molar-refractivity contribution in [3.05, 3.63) is 11.8 Å². The van der Waals surface area contributed by atoms with Crippen LogP contribution in [-0.4, -0.2) is 84.2 Å². The van der Waals surface area contributed by atoms with E-state index in [0.29, 0.717) is 0 Å². The van der Waals surface area contributed by atoms with Crippen LogP contribution in [0.15, 0.2) is 6.20 Å². The molecule has 1 aromatic heterocycles. The minimum absolute atomic E-state index is 0.819. The molecule has 0 bridgehead atoms. The zero-order valence-corrected chi connectivity index (χ0v) is 19.1. The van der Waals surface area contributed by atoms with Crippen molar-refractivity contribution in [2.75, 3.05) is 62.2 Å². The second-order valence-corrected chi connectivity index (χ2v) is 11.5. The highest BCUT2D eigenvalue weighted by Gasteiger charge is 2.49. The summed E-state index contributed by atoms with van der Waals surface area (Å²) in [6.45, 7) is 12.2. The summed E-state index contributed by atoms with van der Waals surface area (Å²) in [5, 5.41) is 0. The zero-order chi connectivity index (χ0) is 20.5. The molecular formula is C25H38N6. The number of anilines is 2. The fourth-order valence-electron chi connectivity index (χ4n) is 8.34. The highest BCUT2D eigenvalue weighted by molar-refractivity contribution is 5.51. The van der Waals surface area contributed by atoms with Crippen LogP contribution in [0.4, 0.5) is 11.8 Å². The van der Waals surface area contributed by atoms with Gasteiger partial charge >= 0.3 is 0 Å². The number of rotatable bonds is 2. The maximum atomic E-state index is 5.21. The van der Waals surface area contributed by atoms with Crippen LogP contribution in [0.25, 0.3) is 0 Å². The Hall–Kier alpha value is -1.40. The van der Waals surface area contributed by atoms with E-state index in [9.17, 15) is 0 Å². The summed E-state index contributed by atoms with van der Waals surface area (Å²) in [5.41, 5.74) is 1.25. The third kappa shape index (κ3) is 3.04. The average molecular weight is 423 g/mol. The van der Waals surface area contributed by atoms with Gasteiger partial charge in [0, 0.05) is 63.1 Å². The molecule has 1 aromatic rings. The smallest absolute Gasteiger partial charge is 0.227 e. The van der Waals surface area contributed by atoms with Crippen molar-refractivity contribution < 1.29 is 0 Å². The predicted octanol–water partition coefficient (Wildman–Crippen LogP) is 2.63. The van der Waals surface area contributed by atoms with Crippen molar-refractivity contribution in [3.8, 4) is 0 Å². The van der Waals surface area contributed by atoms with Gasteiger partial charge in [-0.1, -0.05) is 12.8 Å². The first-order chi connectivity index (χ1) is 15.2. The van der Waals surface area contributed by atoms with Crippen LogP contribution in [0.1, 0.15) is 44.1 Å². The van der Waals surface area contributed by atoms with Gasteiger partial charge in [-0.25, -0.2) is 4.98 Å². The van der Waals surface area contributed by atoms with E-state index < -0.39 is 0 Å². The molecule has 6 aliphatic rings. The van der Waals surface area contributed by atoms with E-state index in [4.69, 9.17) is 9.97 Å². The largest absolute Gasteiger partial charge is 0.356 e. The Bertz CT molecular complexity index is 843. The number of aromatic nitrogens is 2. The van der Waals surface area contributed by atoms with E-state index in [-0.39, 0.29) is 0 Å². The van der Waals surface area contributed by atoms with Gasteiger partial charge in [-0.05, 0) is 69.4 Å². The topological polar surface area (TPSA) is 38.7 Å². The molecule has 31 heavy (non-hydrogen) atoms. The van der Waals surface area contributed by atoms with Gasteiger partial charge in [0.05, 0.1) is 0 Å². The molecule has 0 aliphatic carbocycles. The van der Waals surface area contributed by atoms with Crippen LogP contribution < -0.4 is 9.80 Å². The molecule has 0 saturated carbocycles. The summed E-state index contributed by atoms with van der Waals surface area (Å²) in [5.74, 6) is 5.55. The van der Waals surface area contributed by atoms with Crippen LogP contribution in [0, 0.1) is 30.6 Å². The minimum atomic E-state index is 0.819. The molecule has 0 spiro atoms. The van der Waals surface area contributed by atoms with Gasteiger partial charge in [0.15, 0.2) is 0 Å². The molecule has 6 heteroatoms. The maximum Gasteiger partial charge on any atom is 0.227 e. The number of hydrogen-bond acceptors (Lipinski definition) is 6. The highest BCUT2D eigenvalue weighted by Crippen LogP contribution is 2.43. The van der Waals surface area contributed by atoms with Gasteiger partial charge in [-0.2, -0.15) is 4.98 Å². The third-order valence-corrected chi connectivity index (χ3v) is 9.75. The molecule has 6 aliphatic heterocycles. The van der Waals surface area contributed by atoms with Crippen molar-refractivity contribution in [2.24, 2.45) is 23.7 Å². The molecule has 6 nitrogen and oxygen atoms in total. The lowest BCUT2D eigenvalue weighted by Gasteiger charge is -2.34. The van der Waals surface area contributed by atoms with Crippen molar-refractivity contribution in [1.29, 1.82) is 0 Å². The van der Waals surface area contributed by atoms with Gasteiger partial charge in [-0.15, -0.1) is 0 Å². The van der Waals surface area contributed by atoms with Crippen LogP contribution in [0.5, 0.6) is 0 Å². The minimum Gasteiger partial charge on any atom is -0.356 e. The summed E-state index contributed by atoms with van der Waals surface area (Å²) in [6.07, 6.45) is 10.6. The van der Waals surface area contributed by atoms with Crippen LogP contribution in [-0.2, 0) is 0 Å². The van der Waals surface area contributed by atoms with Gasteiger partial charge in [0.25, 0.3) is 0 Å². The van der Waals surface area contributed by atoms with Crippen molar-refractivity contribution in [2.45, 2.75) is 57.5 Å². The fraction of sp³-hybridized carbons (Fsp3) is 0.840. The van der Waals surface area contributed by atoms with Gasteiger partial charge in [0.2, 0.25) is 5.95 Å². The summed E-state index contributed by atoms with van der Waals surface area (Å²) >= 11 is 0. The molecule has 0 amide bonds. The molecular weight excluding hydrogens is 384 g/mol. The average Bonchev–Trinajstić information content (AvgIpc) is 3.52. The lowest BCUT2D eigenvalue weighted by atomic mass is 9.90. The maximum absolute atomic E-state index is 5.21. The number of nitrogens with zero attached hydrogens (tertiary/aromatic N) is 6. The Morgan fingerprint density at radius 1 is 0.742 bits per heavy atom. The Balaban J connectivity index is 1.08. The summed E-state index contributed by atoms with van der Waals surface area (Å²) in [4.78, 5) is 20.8. The van der Waals surface area contributed by atoms with Crippen molar-refractivity contribution >= 4 is 11.8 Å². The third-order valence-electron chi connectivity index (χ3n) is 9.75. The number of aryl methyl sites for hydroxylation is 1. The van der Waals surface area contributed by atoms with Crippen molar-refractivity contribution in [3.63, 3.8) is 0 Å². The lowest BCUT2D eigenvalue weighted by Crippen LogP contribution is -2.40. The Morgan fingerprint density at radius 3 is 2.03 bits per heavy atom. The molecule has 6 unspecified atom stereocenters. The number of piperidine rings is 2. The molecule has 0 aromatic carbocycles. The van der Waals surface area contributed by atoms with Gasteiger partial charge in [0.1, 0.15) is 5.82 Å². The molecule has 6 atom stereocenters. The lowest BCUT2D eigenvalue weighted by molar-refractivity contribution is 0.173. The van der Waals surface area contributed by atoms with Gasteiger partial charge < -0.3 is 9.80 Å². The van der Waals surface area contributed by atoms with Crippen LogP contribution in [0.2, 0.25) is 0 Å². The monoisotopic (exact) mass is 422 g/mol. The Morgan fingerprint density at radius 2 is 1.35 bits per heavy atom. The molecule has 7 heterocycles. The first-order valence-electron chi connectivity index (χ1n) is 13.1. The quantitative estimate of drug-likeness (QED) is 0.730. The second kappa shape index (κ2) is 7.31. The standard InChI is InChI=1S/C25H38N6/c1-17-10-26-25(31-14-19-12-29-9-5-3-7-23(29)21(19)16-31)27-24(17)30-13-18-11-28-8-4-2-6-22(28)20(18)15-30/h10,18-23H,2-9,11-16H2,1H3. The normalized spacial score (nSPS) is 40.2. The Labute approximate surface area is 187 Å². The zero-order valence-electron chi connectivity index (χ0n) is 19.1. The molecule has 7 rings (SSSR count). The summed E-state index contributed by atoms with van der Waals surface area (Å²) < 4.78 is 0. The summed E-state index contributed by atoms with van der Waals surface area (Å²) in [6, 6.07) is 1.66.